The van der Waals surface area contributed by atoms with E-state index in [-0.39, 0.29) is 0 Å². The number of carbonyl (C=O) groups is 4. The van der Waals surface area contributed by atoms with Crippen LogP contribution in [0.4, 0.5) is 17.1 Å². The average molecular weight is 1190 g/mol. The van der Waals surface area contributed by atoms with Crippen molar-refractivity contribution in [2.75, 3.05) is 4.90 Å². The number of carboxylic acids is 4. The van der Waals surface area contributed by atoms with Crippen molar-refractivity contribution in [3.8, 4) is 24.3 Å². The Morgan fingerprint density at radius 1 is 0.275 bits per heavy atom. The number of hydrogen-bond donors (Lipinski definition) is 4. The molecule has 0 aliphatic rings. The van der Waals surface area contributed by atoms with E-state index < -0.39 is 46.2 Å². The minimum atomic E-state index is -1.35. The molecule has 0 saturated heterocycles. The van der Waals surface area contributed by atoms with Crippen molar-refractivity contribution in [1.82, 2.24) is 0 Å². The highest BCUT2D eigenvalue weighted by molar-refractivity contribution is 6.00. The summed E-state index contributed by atoms with van der Waals surface area (Å²) in [5.41, 5.74) is 15.4. The van der Waals surface area contributed by atoms with Crippen LogP contribution in [0.1, 0.15) is 83.5 Å². The first-order valence-electron chi connectivity index (χ1n) is 28.2. The Balaban J connectivity index is 1.15. The molecule has 13 heteroatoms. The second-order valence-electron chi connectivity index (χ2n) is 20.9. The van der Waals surface area contributed by atoms with E-state index in [0.29, 0.717) is 22.3 Å². The number of carboxylic acid groups (broad SMARTS) is 4. The lowest BCUT2D eigenvalue weighted by atomic mass is 9.93. The van der Waals surface area contributed by atoms with Crippen LogP contribution in [-0.2, 0) is 19.2 Å². The normalized spacial score (nSPS) is 11.3. The van der Waals surface area contributed by atoms with Crippen LogP contribution in [0.5, 0.6) is 0 Å². The van der Waals surface area contributed by atoms with Crippen LogP contribution in [0.25, 0.3) is 59.3 Å². The maximum atomic E-state index is 11.7. The number of benzene rings is 9. The van der Waals surface area contributed by atoms with Gasteiger partial charge in [0, 0.05) is 17.1 Å². The van der Waals surface area contributed by atoms with E-state index in [1.165, 1.54) is 24.3 Å². The number of anilines is 3. The molecule has 0 saturated carbocycles. The fraction of sp³-hybridized carbons (Fsp3) is 0.0256. The van der Waals surface area contributed by atoms with Crippen molar-refractivity contribution in [2.24, 2.45) is 0 Å². The van der Waals surface area contributed by atoms with Gasteiger partial charge < -0.3 is 25.3 Å². The molecule has 438 valence electrons. The van der Waals surface area contributed by atoms with E-state index in [0.717, 1.165) is 95.0 Å². The Morgan fingerprint density at radius 2 is 0.440 bits per heavy atom. The Morgan fingerprint density at radius 3 is 0.615 bits per heavy atom. The monoisotopic (exact) mass is 1190 g/mol. The Labute approximate surface area is 525 Å². The standard InChI is InChI=1S/C78H53N5O8/c1-50-3-21-59(22-4-50)72(60-23-5-51(2)6-24-60)43-56-15-33-69(34-16-56)83(70-35-17-57(18-36-70)44-73(61-25-7-52(8-26-61)39-65(46-79)75(84)85)62-27-9-53(10-28-62)40-66(47-80)76(86)87)71-37-19-58(20-38-71)45-74(63-29-11-54(12-30-63)41-67(48-81)77(88)89)64-31-13-55(14-32-64)42-68(49-82)78(90)91/h3-45H,1-2H3,(H,84,85)(H,86,87)(H,88,89)(H,90,91)/b65-39+,66-40+,67-41+,68-42+. The maximum Gasteiger partial charge on any atom is 0.346 e. The van der Waals surface area contributed by atoms with Crippen LogP contribution in [0, 0.1) is 59.2 Å². The minimum absolute atomic E-state index is 0.420. The van der Waals surface area contributed by atoms with Gasteiger partial charge in [-0.1, -0.05) is 193 Å². The first kappa shape index (κ1) is 62.3. The zero-order valence-corrected chi connectivity index (χ0v) is 49.0. The summed E-state index contributed by atoms with van der Waals surface area (Å²) in [5, 5.41) is 75.8. The van der Waals surface area contributed by atoms with Crippen LogP contribution in [-0.4, -0.2) is 44.3 Å². The Bertz CT molecular complexity index is 4210. The van der Waals surface area contributed by atoms with Crippen molar-refractivity contribution in [3.05, 3.63) is 324 Å². The predicted octanol–water partition coefficient (Wildman–Crippen LogP) is 16.5. The van der Waals surface area contributed by atoms with E-state index in [1.54, 1.807) is 72.8 Å². The lowest BCUT2D eigenvalue weighted by Crippen LogP contribution is -2.09. The van der Waals surface area contributed by atoms with Crippen LogP contribution >= 0.6 is 0 Å². The van der Waals surface area contributed by atoms with Gasteiger partial charge in [-0.2, -0.15) is 21.0 Å². The van der Waals surface area contributed by atoms with Crippen molar-refractivity contribution in [3.63, 3.8) is 0 Å². The summed E-state index contributed by atoms with van der Waals surface area (Å²) in [7, 11) is 0. The van der Waals surface area contributed by atoms with Gasteiger partial charge in [0.15, 0.2) is 0 Å². The number of aryl methyl sites for hydroxylation is 2. The third kappa shape index (κ3) is 15.8. The third-order valence-corrected chi connectivity index (χ3v) is 14.6. The first-order valence-corrected chi connectivity index (χ1v) is 28.2. The maximum absolute atomic E-state index is 11.7. The van der Waals surface area contributed by atoms with E-state index in [9.17, 15) is 60.7 Å². The van der Waals surface area contributed by atoms with Gasteiger partial charge in [-0.15, -0.1) is 0 Å². The summed E-state index contributed by atoms with van der Waals surface area (Å²) in [6.07, 6.45) is 11.3. The highest BCUT2D eigenvalue weighted by atomic mass is 16.4. The summed E-state index contributed by atoms with van der Waals surface area (Å²) >= 11 is 0. The summed E-state index contributed by atoms with van der Waals surface area (Å²) in [6.45, 7) is 4.13. The van der Waals surface area contributed by atoms with E-state index in [1.807, 2.05) is 109 Å². The molecule has 0 unspecified atom stereocenters. The SMILES string of the molecule is Cc1ccc(C(=Cc2ccc(N(c3ccc(C=C(c4ccc(/C=C(\C#N)C(=O)O)cc4)c4ccc(/C=C(\C#N)C(=O)O)cc4)cc3)c3ccc(C=C(c4ccc(/C=C(\C#N)C(=O)O)cc4)c4ccc(/C=C(\C#N)C(=O)O)cc4)cc3)cc2)c2ccc(C)cc2)cc1. The molecule has 0 spiro atoms. The summed E-state index contributed by atoms with van der Waals surface area (Å²) in [5.74, 6) is -5.39. The molecule has 0 aliphatic heterocycles. The Hall–Kier alpha value is -13.2. The lowest BCUT2D eigenvalue weighted by molar-refractivity contribution is -0.133. The molecule has 0 atom stereocenters. The summed E-state index contributed by atoms with van der Waals surface area (Å²) < 4.78 is 0. The van der Waals surface area contributed by atoms with Gasteiger partial charge in [0.1, 0.15) is 46.6 Å². The molecule has 0 aromatic heterocycles. The summed E-state index contributed by atoms with van der Waals surface area (Å²) in [4.78, 5) is 48.8. The molecule has 0 heterocycles. The third-order valence-electron chi connectivity index (χ3n) is 14.6. The quantitative estimate of drug-likeness (QED) is 0.0315. The van der Waals surface area contributed by atoms with Crippen LogP contribution in [0.2, 0.25) is 0 Å². The van der Waals surface area contributed by atoms with Gasteiger partial charge >= 0.3 is 23.9 Å². The molecule has 0 aliphatic carbocycles. The van der Waals surface area contributed by atoms with Crippen molar-refractivity contribution >= 4 is 100 Å². The van der Waals surface area contributed by atoms with Crippen molar-refractivity contribution in [1.29, 1.82) is 21.0 Å². The average Bonchev–Trinajstić information content (AvgIpc) is 1.39. The number of nitrogens with zero attached hydrogens (tertiary/aromatic N) is 5. The highest BCUT2D eigenvalue weighted by Crippen LogP contribution is 2.38. The molecule has 0 fully saturated rings. The molecule has 13 nitrogen and oxygen atoms in total. The van der Waals surface area contributed by atoms with E-state index in [2.05, 4.69) is 97.6 Å². The van der Waals surface area contributed by atoms with Crippen molar-refractivity contribution < 1.29 is 39.6 Å². The minimum Gasteiger partial charge on any atom is -0.477 e. The fourth-order valence-corrected chi connectivity index (χ4v) is 9.84. The van der Waals surface area contributed by atoms with E-state index >= 15 is 0 Å². The number of nitriles is 4. The number of aliphatic carboxylic acids is 4. The fourth-order valence-electron chi connectivity index (χ4n) is 9.84. The molecular formula is C78H53N5O8. The van der Waals surface area contributed by atoms with E-state index in [4.69, 9.17) is 0 Å². The number of hydrogen-bond acceptors (Lipinski definition) is 9. The zero-order valence-electron chi connectivity index (χ0n) is 49.0. The van der Waals surface area contributed by atoms with Gasteiger partial charge in [-0.3, -0.25) is 0 Å². The van der Waals surface area contributed by atoms with Crippen LogP contribution in [0.3, 0.4) is 0 Å². The Kier molecular flexibility index (Phi) is 19.7. The van der Waals surface area contributed by atoms with Crippen LogP contribution < -0.4 is 4.90 Å². The molecule has 9 aromatic carbocycles. The zero-order chi connectivity index (χ0) is 64.6. The molecule has 9 rings (SSSR count). The van der Waals surface area contributed by atoms with Gasteiger partial charge in [0.25, 0.3) is 0 Å². The van der Waals surface area contributed by atoms with Gasteiger partial charge in [0.05, 0.1) is 0 Å². The molecule has 4 N–H and O–H groups in total. The second-order valence-corrected chi connectivity index (χ2v) is 20.9. The molecule has 0 radical (unpaired) electrons. The van der Waals surface area contributed by atoms with Gasteiger partial charge in [0.2, 0.25) is 0 Å². The van der Waals surface area contributed by atoms with Gasteiger partial charge in [-0.25, -0.2) is 19.2 Å². The van der Waals surface area contributed by atoms with Crippen molar-refractivity contribution in [2.45, 2.75) is 13.8 Å². The topological polar surface area (TPSA) is 248 Å². The highest BCUT2D eigenvalue weighted by Gasteiger charge is 2.17. The molecule has 9 aromatic rings. The largest absolute Gasteiger partial charge is 0.477 e. The lowest BCUT2D eigenvalue weighted by Gasteiger charge is -2.26. The molecular weight excluding hydrogens is 1130 g/mol. The second kappa shape index (κ2) is 28.8. The predicted molar refractivity (Wildman–Crippen MR) is 355 cm³/mol. The summed E-state index contributed by atoms with van der Waals surface area (Å²) in [6, 6.07) is 76.3. The number of rotatable bonds is 20. The first-order chi connectivity index (χ1) is 44.0. The van der Waals surface area contributed by atoms with Crippen LogP contribution in [0.15, 0.2) is 241 Å². The molecule has 91 heavy (non-hydrogen) atoms. The molecule has 0 amide bonds. The van der Waals surface area contributed by atoms with Gasteiger partial charge in [-0.05, 0) is 182 Å². The molecule has 0 bridgehead atoms. The smallest absolute Gasteiger partial charge is 0.346 e.